The molecular weight excluding hydrogens is 327 g/mol. The molecule has 0 aliphatic carbocycles. The molecule has 0 radical (unpaired) electrons. The van der Waals surface area contributed by atoms with Gasteiger partial charge >= 0.3 is 6.03 Å². The van der Waals surface area contributed by atoms with Gasteiger partial charge in [0.25, 0.3) is 5.91 Å². The van der Waals surface area contributed by atoms with Crippen LogP contribution in [-0.4, -0.2) is 48.7 Å². The lowest BCUT2D eigenvalue weighted by Crippen LogP contribution is -2.45. The molecule has 0 N–H and O–H groups in total. The summed E-state index contributed by atoms with van der Waals surface area (Å²) in [6, 6.07) is 1.07. The highest BCUT2D eigenvalue weighted by Crippen LogP contribution is 2.36. The topological polar surface area (TPSA) is 59.1 Å². The van der Waals surface area contributed by atoms with Gasteiger partial charge in [0.05, 0.1) is 30.0 Å². The number of benzene rings is 1. The average molecular weight is 343 g/mol. The summed E-state index contributed by atoms with van der Waals surface area (Å²) in [5.74, 6) is -1.04. The molecule has 3 rings (SSSR count). The predicted molar refractivity (Wildman–Crippen MR) is 81.4 cm³/mol. The summed E-state index contributed by atoms with van der Waals surface area (Å²) in [7, 11) is 0. The highest BCUT2D eigenvalue weighted by atomic mass is 35.5. The van der Waals surface area contributed by atoms with Crippen LogP contribution in [0.4, 0.5) is 14.9 Å². The Morgan fingerprint density at radius 3 is 2.78 bits per heavy atom. The summed E-state index contributed by atoms with van der Waals surface area (Å²) in [5, 5.41) is 0.0834. The van der Waals surface area contributed by atoms with Gasteiger partial charge in [0.2, 0.25) is 0 Å². The molecule has 6 nitrogen and oxygen atoms in total. The van der Waals surface area contributed by atoms with Crippen molar-refractivity contribution < 1.29 is 23.5 Å². The predicted octanol–water partition coefficient (Wildman–Crippen LogP) is 2.43. The zero-order valence-electron chi connectivity index (χ0n) is 12.7. The number of fused-ring (bicyclic) bond motifs is 1. The quantitative estimate of drug-likeness (QED) is 0.792. The zero-order valence-corrected chi connectivity index (χ0v) is 13.5. The van der Waals surface area contributed by atoms with Gasteiger partial charge < -0.3 is 14.4 Å². The van der Waals surface area contributed by atoms with Crippen molar-refractivity contribution in [2.75, 3.05) is 24.7 Å². The first-order valence-corrected chi connectivity index (χ1v) is 7.66. The Morgan fingerprint density at radius 2 is 2.13 bits per heavy atom. The second kappa shape index (κ2) is 5.98. The Bertz CT molecular complexity index is 643. The van der Waals surface area contributed by atoms with E-state index in [0.29, 0.717) is 13.2 Å². The van der Waals surface area contributed by atoms with Gasteiger partial charge in [0.1, 0.15) is 17.6 Å². The van der Waals surface area contributed by atoms with Gasteiger partial charge in [-0.1, -0.05) is 11.6 Å². The first-order chi connectivity index (χ1) is 10.9. The fourth-order valence-corrected chi connectivity index (χ4v) is 2.86. The number of anilines is 1. The van der Waals surface area contributed by atoms with E-state index in [1.807, 2.05) is 0 Å². The van der Waals surface area contributed by atoms with Crippen molar-refractivity contribution in [3.8, 4) is 5.75 Å². The van der Waals surface area contributed by atoms with Crippen LogP contribution in [0.5, 0.6) is 5.75 Å². The molecular formula is C15H16ClFN2O4. The summed E-state index contributed by atoms with van der Waals surface area (Å²) < 4.78 is 25.0. The molecule has 1 atom stereocenters. The number of carbonyl (C=O) groups is 2. The molecule has 23 heavy (non-hydrogen) atoms. The number of urea groups is 1. The number of rotatable bonds is 3. The van der Waals surface area contributed by atoms with Crippen LogP contribution in [0, 0.1) is 5.82 Å². The number of hydrogen-bond donors (Lipinski definition) is 0. The lowest BCUT2D eigenvalue weighted by molar-refractivity contribution is -0.123. The van der Waals surface area contributed by atoms with Gasteiger partial charge in [-0.25, -0.2) is 14.1 Å². The molecule has 0 bridgehead atoms. The standard InChI is InChI=1S/C15H16ClFN2O4/c1-8(2)23-13-6-11(10(17)5-9(13)16)19-14(20)12-7-22-4-3-18(12)15(19)21/h5-6,8,12H,3-4,7H2,1-2H3. The number of morpholine rings is 1. The fraction of sp³-hybridized carbons (Fsp3) is 0.467. The number of amides is 3. The van der Waals surface area contributed by atoms with Crippen molar-refractivity contribution in [2.24, 2.45) is 0 Å². The van der Waals surface area contributed by atoms with E-state index in [1.165, 1.54) is 11.0 Å². The van der Waals surface area contributed by atoms with E-state index in [2.05, 4.69) is 0 Å². The second-order valence-electron chi connectivity index (χ2n) is 5.64. The Kier molecular flexibility index (Phi) is 4.16. The van der Waals surface area contributed by atoms with Gasteiger partial charge in [0, 0.05) is 12.6 Å². The molecule has 0 spiro atoms. The maximum absolute atomic E-state index is 14.3. The van der Waals surface area contributed by atoms with E-state index >= 15 is 0 Å². The van der Waals surface area contributed by atoms with Crippen molar-refractivity contribution in [2.45, 2.75) is 26.0 Å². The average Bonchev–Trinajstić information content (AvgIpc) is 2.74. The molecule has 2 heterocycles. The van der Waals surface area contributed by atoms with Crippen LogP contribution in [-0.2, 0) is 9.53 Å². The molecule has 2 aliphatic rings. The SMILES string of the molecule is CC(C)Oc1cc(N2C(=O)C3COCCN3C2=O)c(F)cc1Cl. The second-order valence-corrected chi connectivity index (χ2v) is 6.05. The van der Waals surface area contributed by atoms with Crippen molar-refractivity contribution in [3.05, 3.63) is 23.0 Å². The molecule has 8 heteroatoms. The molecule has 2 aliphatic heterocycles. The number of carbonyl (C=O) groups excluding carboxylic acids is 2. The maximum atomic E-state index is 14.3. The lowest BCUT2D eigenvalue weighted by Gasteiger charge is -2.26. The van der Waals surface area contributed by atoms with Crippen molar-refractivity contribution in [3.63, 3.8) is 0 Å². The van der Waals surface area contributed by atoms with Crippen LogP contribution >= 0.6 is 11.6 Å². The minimum absolute atomic E-state index is 0.0834. The third-order valence-corrected chi connectivity index (χ3v) is 3.97. The van der Waals surface area contributed by atoms with Gasteiger partial charge in [0.15, 0.2) is 0 Å². The number of halogens is 2. The normalized spacial score (nSPS) is 21.2. The van der Waals surface area contributed by atoms with E-state index in [4.69, 9.17) is 21.1 Å². The van der Waals surface area contributed by atoms with Gasteiger partial charge in [-0.05, 0) is 19.9 Å². The first-order valence-electron chi connectivity index (χ1n) is 7.28. The summed E-state index contributed by atoms with van der Waals surface area (Å²) in [4.78, 5) is 27.1. The Morgan fingerprint density at radius 1 is 1.39 bits per heavy atom. The van der Waals surface area contributed by atoms with E-state index < -0.39 is 23.8 Å². The van der Waals surface area contributed by atoms with Crippen LogP contribution in [0.25, 0.3) is 0 Å². The van der Waals surface area contributed by atoms with Crippen LogP contribution in [0.1, 0.15) is 13.8 Å². The van der Waals surface area contributed by atoms with Crippen molar-refractivity contribution in [1.82, 2.24) is 4.90 Å². The largest absolute Gasteiger partial charge is 0.489 e. The van der Waals surface area contributed by atoms with E-state index in [-0.39, 0.29) is 29.2 Å². The fourth-order valence-electron chi connectivity index (χ4n) is 2.66. The number of ether oxygens (including phenoxy) is 2. The highest BCUT2D eigenvalue weighted by molar-refractivity contribution is 6.32. The van der Waals surface area contributed by atoms with Crippen LogP contribution in [0.2, 0.25) is 5.02 Å². The molecule has 0 aromatic heterocycles. The highest BCUT2D eigenvalue weighted by Gasteiger charge is 2.48. The maximum Gasteiger partial charge on any atom is 0.332 e. The molecule has 0 saturated carbocycles. The molecule has 1 unspecified atom stereocenters. The van der Waals surface area contributed by atoms with E-state index in [0.717, 1.165) is 11.0 Å². The molecule has 1 aromatic rings. The molecule has 124 valence electrons. The number of nitrogens with zero attached hydrogens (tertiary/aromatic N) is 2. The number of imide groups is 1. The summed E-state index contributed by atoms with van der Waals surface area (Å²) in [6.07, 6.45) is -0.185. The third kappa shape index (κ3) is 2.74. The molecule has 2 fully saturated rings. The number of hydrogen-bond acceptors (Lipinski definition) is 4. The molecule has 2 saturated heterocycles. The minimum Gasteiger partial charge on any atom is -0.489 e. The van der Waals surface area contributed by atoms with Crippen LogP contribution in [0.3, 0.4) is 0 Å². The van der Waals surface area contributed by atoms with Gasteiger partial charge in [-0.3, -0.25) is 4.79 Å². The zero-order chi connectivity index (χ0) is 16.7. The third-order valence-electron chi connectivity index (χ3n) is 3.68. The Labute approximate surface area is 137 Å². The van der Waals surface area contributed by atoms with E-state index in [9.17, 15) is 14.0 Å². The minimum atomic E-state index is -0.756. The Balaban J connectivity index is 2.00. The van der Waals surface area contributed by atoms with Crippen molar-refractivity contribution >= 4 is 29.2 Å². The lowest BCUT2D eigenvalue weighted by atomic mass is 10.2. The summed E-state index contributed by atoms with van der Waals surface area (Å²) >= 11 is 5.96. The first kappa shape index (κ1) is 16.0. The molecule has 1 aromatic carbocycles. The van der Waals surface area contributed by atoms with Crippen molar-refractivity contribution in [1.29, 1.82) is 0 Å². The Hall–Kier alpha value is -1.86. The summed E-state index contributed by atoms with van der Waals surface area (Å²) in [5.41, 5.74) is -0.158. The summed E-state index contributed by atoms with van der Waals surface area (Å²) in [6.45, 7) is 4.36. The van der Waals surface area contributed by atoms with Gasteiger partial charge in [-0.15, -0.1) is 0 Å². The van der Waals surface area contributed by atoms with Crippen LogP contribution < -0.4 is 9.64 Å². The monoisotopic (exact) mass is 342 g/mol. The smallest absolute Gasteiger partial charge is 0.332 e. The van der Waals surface area contributed by atoms with Crippen LogP contribution in [0.15, 0.2) is 12.1 Å². The van der Waals surface area contributed by atoms with Gasteiger partial charge in [-0.2, -0.15) is 0 Å². The van der Waals surface area contributed by atoms with E-state index in [1.54, 1.807) is 13.8 Å². The molecule has 3 amide bonds.